The Labute approximate surface area is 105 Å². The number of hydrogen-bond acceptors (Lipinski definition) is 2. The van der Waals surface area contributed by atoms with E-state index in [9.17, 15) is 0 Å². The predicted octanol–water partition coefficient (Wildman–Crippen LogP) is 2.76. The maximum Gasteiger partial charge on any atom is 0.132 e. The highest BCUT2D eigenvalue weighted by Crippen LogP contribution is 2.22. The lowest BCUT2D eigenvalue weighted by Crippen LogP contribution is -2.30. The Morgan fingerprint density at radius 1 is 1.47 bits per heavy atom. The summed E-state index contributed by atoms with van der Waals surface area (Å²) >= 11 is 2.31. The molecule has 1 heterocycles. The van der Waals surface area contributed by atoms with Crippen LogP contribution in [0.4, 0.5) is 0 Å². The molecule has 0 radical (unpaired) electrons. The van der Waals surface area contributed by atoms with Crippen molar-refractivity contribution in [1.82, 2.24) is 4.90 Å². The normalized spacial score (nSPS) is 21.9. The first kappa shape index (κ1) is 11.2. The number of hydrogen-bond donors (Lipinski definition) is 0. The lowest BCUT2D eigenvalue weighted by Gasteiger charge is -2.20. The molecule has 0 N–H and O–H groups in total. The number of halogens is 1. The molecule has 1 unspecified atom stereocenters. The minimum absolute atomic E-state index is 0.598. The number of likely N-dealkylation sites (N-methyl/N-ethyl adjacent to an activating group) is 1. The minimum atomic E-state index is 0.598. The Bertz CT molecular complexity index is 329. The van der Waals surface area contributed by atoms with E-state index >= 15 is 0 Å². The van der Waals surface area contributed by atoms with Crippen molar-refractivity contribution in [3.63, 3.8) is 0 Å². The highest BCUT2D eigenvalue weighted by atomic mass is 127. The Hall–Kier alpha value is -0.290. The van der Waals surface area contributed by atoms with Gasteiger partial charge in [0.15, 0.2) is 0 Å². The molecule has 0 amide bonds. The molecule has 0 bridgehead atoms. The molecule has 0 spiro atoms. The van der Waals surface area contributed by atoms with E-state index in [1.54, 1.807) is 0 Å². The highest BCUT2D eigenvalue weighted by molar-refractivity contribution is 14.1. The van der Waals surface area contributed by atoms with Crippen molar-refractivity contribution in [1.29, 1.82) is 0 Å². The van der Waals surface area contributed by atoms with E-state index in [-0.39, 0.29) is 0 Å². The molecular weight excluding hydrogens is 301 g/mol. The van der Waals surface area contributed by atoms with Crippen molar-refractivity contribution in [2.75, 3.05) is 20.2 Å². The van der Waals surface area contributed by atoms with Crippen LogP contribution in [-0.4, -0.2) is 31.1 Å². The maximum atomic E-state index is 5.84. The molecule has 1 aromatic carbocycles. The van der Waals surface area contributed by atoms with Gasteiger partial charge in [-0.15, -0.1) is 0 Å². The zero-order valence-electron chi connectivity index (χ0n) is 8.95. The van der Waals surface area contributed by atoms with E-state index in [4.69, 9.17) is 4.74 Å². The zero-order valence-corrected chi connectivity index (χ0v) is 11.1. The number of ether oxygens (including phenoxy) is 1. The average molecular weight is 317 g/mol. The van der Waals surface area contributed by atoms with Crippen LogP contribution in [0.1, 0.15) is 12.8 Å². The van der Waals surface area contributed by atoms with Gasteiger partial charge in [0.1, 0.15) is 12.4 Å². The van der Waals surface area contributed by atoms with Crippen LogP contribution in [-0.2, 0) is 0 Å². The van der Waals surface area contributed by atoms with Gasteiger partial charge in [-0.05, 0) is 61.2 Å². The van der Waals surface area contributed by atoms with Gasteiger partial charge in [-0.25, -0.2) is 0 Å². The standard InChI is InChI=1S/C12H16INO/c1-14-8-4-5-10(14)9-15-12-7-3-2-6-11(12)13/h2-3,6-7,10H,4-5,8-9H2,1H3. The summed E-state index contributed by atoms with van der Waals surface area (Å²) in [6.07, 6.45) is 2.57. The smallest absolute Gasteiger partial charge is 0.132 e. The maximum absolute atomic E-state index is 5.84. The van der Waals surface area contributed by atoms with Gasteiger partial charge >= 0.3 is 0 Å². The van der Waals surface area contributed by atoms with Crippen LogP contribution < -0.4 is 4.74 Å². The number of rotatable bonds is 3. The lowest BCUT2D eigenvalue weighted by atomic mass is 10.2. The molecule has 1 aliphatic heterocycles. The van der Waals surface area contributed by atoms with Crippen molar-refractivity contribution < 1.29 is 4.74 Å². The highest BCUT2D eigenvalue weighted by Gasteiger charge is 2.21. The van der Waals surface area contributed by atoms with Gasteiger partial charge in [0, 0.05) is 6.04 Å². The van der Waals surface area contributed by atoms with Gasteiger partial charge in [-0.1, -0.05) is 12.1 Å². The van der Waals surface area contributed by atoms with Crippen LogP contribution in [0, 0.1) is 3.57 Å². The van der Waals surface area contributed by atoms with Gasteiger partial charge < -0.3 is 9.64 Å². The quantitative estimate of drug-likeness (QED) is 0.795. The Balaban J connectivity index is 1.90. The SMILES string of the molecule is CN1CCCC1COc1ccccc1I. The molecule has 0 aliphatic carbocycles. The third-order valence-electron chi connectivity index (χ3n) is 2.94. The van der Waals surface area contributed by atoms with E-state index < -0.39 is 0 Å². The van der Waals surface area contributed by atoms with Gasteiger partial charge in [-0.3, -0.25) is 0 Å². The molecule has 1 saturated heterocycles. The zero-order chi connectivity index (χ0) is 10.7. The first-order chi connectivity index (χ1) is 7.27. The number of para-hydroxylation sites is 1. The second-order valence-electron chi connectivity index (χ2n) is 4.02. The molecule has 3 heteroatoms. The van der Waals surface area contributed by atoms with E-state index in [1.165, 1.54) is 23.0 Å². The second kappa shape index (κ2) is 5.16. The molecule has 1 aliphatic rings. The summed E-state index contributed by atoms with van der Waals surface area (Å²) in [5.74, 6) is 1.01. The third kappa shape index (κ3) is 2.84. The summed E-state index contributed by atoms with van der Waals surface area (Å²) in [5, 5.41) is 0. The van der Waals surface area contributed by atoms with Gasteiger partial charge in [0.05, 0.1) is 3.57 Å². The van der Waals surface area contributed by atoms with E-state index in [0.29, 0.717) is 6.04 Å². The first-order valence-electron chi connectivity index (χ1n) is 5.35. The average Bonchev–Trinajstić information content (AvgIpc) is 2.63. The van der Waals surface area contributed by atoms with Gasteiger partial charge in [0.25, 0.3) is 0 Å². The molecule has 0 saturated carbocycles. The predicted molar refractivity (Wildman–Crippen MR) is 70.3 cm³/mol. The third-order valence-corrected chi connectivity index (χ3v) is 3.83. The fourth-order valence-electron chi connectivity index (χ4n) is 1.94. The Kier molecular flexibility index (Phi) is 3.86. The lowest BCUT2D eigenvalue weighted by molar-refractivity contribution is 0.197. The summed E-state index contributed by atoms with van der Waals surface area (Å²) in [7, 11) is 2.18. The molecule has 2 rings (SSSR count). The molecule has 2 nitrogen and oxygen atoms in total. The molecule has 15 heavy (non-hydrogen) atoms. The number of nitrogens with zero attached hydrogens (tertiary/aromatic N) is 1. The summed E-state index contributed by atoms with van der Waals surface area (Å²) in [4.78, 5) is 2.38. The monoisotopic (exact) mass is 317 g/mol. The summed E-state index contributed by atoms with van der Waals surface area (Å²) in [5.41, 5.74) is 0. The van der Waals surface area contributed by atoms with Gasteiger partial charge in [0.2, 0.25) is 0 Å². The van der Waals surface area contributed by atoms with Crippen LogP contribution in [0.2, 0.25) is 0 Å². The molecule has 1 fully saturated rings. The van der Waals surface area contributed by atoms with Gasteiger partial charge in [-0.2, -0.15) is 0 Å². The number of likely N-dealkylation sites (tertiary alicyclic amines) is 1. The largest absolute Gasteiger partial charge is 0.491 e. The Morgan fingerprint density at radius 2 is 2.27 bits per heavy atom. The van der Waals surface area contributed by atoms with E-state index in [1.807, 2.05) is 18.2 Å². The summed E-state index contributed by atoms with van der Waals surface area (Å²) < 4.78 is 7.03. The summed E-state index contributed by atoms with van der Waals surface area (Å²) in [6.45, 7) is 2.02. The minimum Gasteiger partial charge on any atom is -0.491 e. The topological polar surface area (TPSA) is 12.5 Å². The second-order valence-corrected chi connectivity index (χ2v) is 5.18. The van der Waals surface area contributed by atoms with Crippen LogP contribution in [0.3, 0.4) is 0 Å². The Morgan fingerprint density at radius 3 is 2.93 bits per heavy atom. The fraction of sp³-hybridized carbons (Fsp3) is 0.500. The molecule has 1 aromatic rings. The summed E-state index contributed by atoms with van der Waals surface area (Å²) in [6, 6.07) is 8.78. The molecule has 0 aromatic heterocycles. The molecule has 82 valence electrons. The molecule has 1 atom stereocenters. The number of benzene rings is 1. The van der Waals surface area contributed by atoms with Crippen LogP contribution in [0.15, 0.2) is 24.3 Å². The van der Waals surface area contributed by atoms with Crippen molar-refractivity contribution in [3.8, 4) is 5.75 Å². The van der Waals surface area contributed by atoms with Crippen LogP contribution in [0.5, 0.6) is 5.75 Å². The van der Waals surface area contributed by atoms with E-state index in [2.05, 4.69) is 40.6 Å². The first-order valence-corrected chi connectivity index (χ1v) is 6.43. The van der Waals surface area contributed by atoms with Crippen LogP contribution in [0.25, 0.3) is 0 Å². The van der Waals surface area contributed by atoms with Crippen molar-refractivity contribution in [3.05, 3.63) is 27.8 Å². The molecular formula is C12H16INO. The van der Waals surface area contributed by atoms with Crippen molar-refractivity contribution in [2.45, 2.75) is 18.9 Å². The van der Waals surface area contributed by atoms with Crippen LogP contribution >= 0.6 is 22.6 Å². The van der Waals surface area contributed by atoms with Crippen molar-refractivity contribution in [2.24, 2.45) is 0 Å². The van der Waals surface area contributed by atoms with E-state index in [0.717, 1.165) is 12.4 Å². The fourth-order valence-corrected chi connectivity index (χ4v) is 2.48. The van der Waals surface area contributed by atoms with Crippen molar-refractivity contribution >= 4 is 22.6 Å².